The summed E-state index contributed by atoms with van der Waals surface area (Å²) in [6.07, 6.45) is 0.197. The van der Waals surface area contributed by atoms with Crippen LogP contribution >= 0.6 is 0 Å². The SMILES string of the molecule is CC(C)OCCNC(=O)c1ccc(C(C)(C)C)cc1. The van der Waals surface area contributed by atoms with E-state index in [4.69, 9.17) is 4.74 Å². The summed E-state index contributed by atoms with van der Waals surface area (Å²) in [5, 5.41) is 2.85. The third-order valence-corrected chi connectivity index (χ3v) is 2.85. The lowest BCUT2D eigenvalue weighted by Gasteiger charge is -2.19. The molecule has 0 heterocycles. The van der Waals surface area contributed by atoms with Crippen molar-refractivity contribution in [2.24, 2.45) is 0 Å². The minimum Gasteiger partial charge on any atom is -0.377 e. The molecule has 1 rings (SSSR count). The molecule has 0 radical (unpaired) electrons. The number of carbonyl (C=O) groups is 1. The number of carbonyl (C=O) groups excluding carboxylic acids is 1. The zero-order valence-electron chi connectivity index (χ0n) is 12.6. The molecule has 0 spiro atoms. The van der Waals surface area contributed by atoms with Crippen molar-refractivity contribution in [2.45, 2.75) is 46.1 Å². The van der Waals surface area contributed by atoms with Crippen molar-refractivity contribution in [3.05, 3.63) is 35.4 Å². The molecule has 0 unspecified atom stereocenters. The van der Waals surface area contributed by atoms with Gasteiger partial charge in [-0.05, 0) is 37.0 Å². The van der Waals surface area contributed by atoms with E-state index in [0.717, 1.165) is 0 Å². The molecule has 0 bridgehead atoms. The molecular weight excluding hydrogens is 238 g/mol. The molecule has 106 valence electrons. The van der Waals surface area contributed by atoms with Crippen LogP contribution in [0.25, 0.3) is 0 Å². The molecule has 0 fully saturated rings. The van der Waals surface area contributed by atoms with Gasteiger partial charge in [0, 0.05) is 12.1 Å². The highest BCUT2D eigenvalue weighted by atomic mass is 16.5. The smallest absolute Gasteiger partial charge is 0.251 e. The zero-order valence-corrected chi connectivity index (χ0v) is 12.6. The molecule has 0 saturated carbocycles. The van der Waals surface area contributed by atoms with Crippen molar-refractivity contribution >= 4 is 5.91 Å². The van der Waals surface area contributed by atoms with Crippen LogP contribution in [0.5, 0.6) is 0 Å². The summed E-state index contributed by atoms with van der Waals surface area (Å²) >= 11 is 0. The van der Waals surface area contributed by atoms with Gasteiger partial charge in [-0.15, -0.1) is 0 Å². The summed E-state index contributed by atoms with van der Waals surface area (Å²) in [5.74, 6) is -0.0483. The van der Waals surface area contributed by atoms with Gasteiger partial charge >= 0.3 is 0 Å². The minimum atomic E-state index is -0.0483. The largest absolute Gasteiger partial charge is 0.377 e. The van der Waals surface area contributed by atoms with Gasteiger partial charge < -0.3 is 10.1 Å². The van der Waals surface area contributed by atoms with Crippen molar-refractivity contribution in [1.29, 1.82) is 0 Å². The van der Waals surface area contributed by atoms with Crippen molar-refractivity contribution in [3.8, 4) is 0 Å². The summed E-state index contributed by atoms with van der Waals surface area (Å²) in [6, 6.07) is 7.78. The Labute approximate surface area is 116 Å². The molecule has 0 atom stereocenters. The normalized spacial score (nSPS) is 11.7. The molecule has 0 saturated heterocycles. The second-order valence-corrected chi connectivity index (χ2v) is 6.00. The molecule has 3 nitrogen and oxygen atoms in total. The fraction of sp³-hybridized carbons (Fsp3) is 0.562. The van der Waals surface area contributed by atoms with Crippen LogP contribution in [0.3, 0.4) is 0 Å². The lowest BCUT2D eigenvalue weighted by molar-refractivity contribution is 0.0746. The molecule has 0 aliphatic heterocycles. The third kappa shape index (κ3) is 5.43. The van der Waals surface area contributed by atoms with Gasteiger partial charge in [0.05, 0.1) is 12.7 Å². The Balaban J connectivity index is 2.49. The van der Waals surface area contributed by atoms with Crippen LogP contribution in [0.1, 0.15) is 50.5 Å². The van der Waals surface area contributed by atoms with Crippen molar-refractivity contribution < 1.29 is 9.53 Å². The number of rotatable bonds is 5. The highest BCUT2D eigenvalue weighted by Gasteiger charge is 2.14. The first-order valence-electron chi connectivity index (χ1n) is 6.81. The second kappa shape index (κ2) is 6.71. The molecule has 1 amide bonds. The van der Waals surface area contributed by atoms with Crippen LogP contribution < -0.4 is 5.32 Å². The molecule has 1 aromatic rings. The fourth-order valence-corrected chi connectivity index (χ4v) is 1.68. The van der Waals surface area contributed by atoms with Gasteiger partial charge in [-0.1, -0.05) is 32.9 Å². The second-order valence-electron chi connectivity index (χ2n) is 6.00. The standard InChI is InChI=1S/C16H25NO2/c1-12(2)19-11-10-17-15(18)13-6-8-14(9-7-13)16(3,4)5/h6-9,12H,10-11H2,1-5H3,(H,17,18). The highest BCUT2D eigenvalue weighted by Crippen LogP contribution is 2.22. The summed E-state index contributed by atoms with van der Waals surface area (Å²) in [6.45, 7) is 11.5. The maximum absolute atomic E-state index is 11.9. The average molecular weight is 263 g/mol. The van der Waals surface area contributed by atoms with E-state index in [1.54, 1.807) is 0 Å². The Morgan fingerprint density at radius 3 is 2.26 bits per heavy atom. The van der Waals surface area contributed by atoms with Crippen molar-refractivity contribution in [2.75, 3.05) is 13.2 Å². The first-order valence-corrected chi connectivity index (χ1v) is 6.81. The quantitative estimate of drug-likeness (QED) is 0.829. The van der Waals surface area contributed by atoms with E-state index >= 15 is 0 Å². The van der Waals surface area contributed by atoms with Crippen LogP contribution in [0.15, 0.2) is 24.3 Å². The molecule has 19 heavy (non-hydrogen) atoms. The number of hydrogen-bond acceptors (Lipinski definition) is 2. The van der Waals surface area contributed by atoms with Crippen LogP contribution in [-0.4, -0.2) is 25.2 Å². The number of amides is 1. The zero-order chi connectivity index (χ0) is 14.5. The molecule has 0 aromatic heterocycles. The lowest BCUT2D eigenvalue weighted by atomic mass is 9.87. The topological polar surface area (TPSA) is 38.3 Å². The van der Waals surface area contributed by atoms with Gasteiger partial charge in [-0.3, -0.25) is 4.79 Å². The summed E-state index contributed by atoms with van der Waals surface area (Å²) in [5.41, 5.74) is 2.03. The Kier molecular flexibility index (Phi) is 5.55. The average Bonchev–Trinajstić information content (AvgIpc) is 2.33. The summed E-state index contributed by atoms with van der Waals surface area (Å²) in [4.78, 5) is 11.9. The van der Waals surface area contributed by atoms with Crippen LogP contribution in [0.2, 0.25) is 0 Å². The van der Waals surface area contributed by atoms with E-state index in [1.165, 1.54) is 5.56 Å². The number of hydrogen-bond donors (Lipinski definition) is 1. The van der Waals surface area contributed by atoms with E-state index in [1.807, 2.05) is 38.1 Å². The Hall–Kier alpha value is -1.35. The maximum atomic E-state index is 11.9. The number of ether oxygens (including phenoxy) is 1. The van der Waals surface area contributed by atoms with Gasteiger partial charge in [-0.2, -0.15) is 0 Å². The third-order valence-electron chi connectivity index (χ3n) is 2.85. The van der Waals surface area contributed by atoms with Gasteiger partial charge in [0.15, 0.2) is 0 Å². The van der Waals surface area contributed by atoms with Crippen LogP contribution in [0.4, 0.5) is 0 Å². The predicted octanol–water partition coefficient (Wildman–Crippen LogP) is 3.14. The molecular formula is C16H25NO2. The molecule has 1 aromatic carbocycles. The molecule has 1 N–H and O–H groups in total. The van der Waals surface area contributed by atoms with E-state index in [9.17, 15) is 4.79 Å². The molecule has 0 aliphatic carbocycles. The Morgan fingerprint density at radius 1 is 1.21 bits per heavy atom. The summed E-state index contributed by atoms with van der Waals surface area (Å²) in [7, 11) is 0. The van der Waals surface area contributed by atoms with Crippen LogP contribution in [-0.2, 0) is 10.2 Å². The predicted molar refractivity (Wildman–Crippen MR) is 78.6 cm³/mol. The van der Waals surface area contributed by atoms with E-state index in [2.05, 4.69) is 26.1 Å². The first kappa shape index (κ1) is 15.7. The Bertz CT molecular complexity index is 402. The van der Waals surface area contributed by atoms with Gasteiger partial charge in [-0.25, -0.2) is 0 Å². The molecule has 3 heteroatoms. The van der Waals surface area contributed by atoms with E-state index in [-0.39, 0.29) is 17.4 Å². The van der Waals surface area contributed by atoms with Crippen molar-refractivity contribution in [1.82, 2.24) is 5.32 Å². The maximum Gasteiger partial charge on any atom is 0.251 e. The van der Waals surface area contributed by atoms with Crippen LogP contribution in [0, 0.1) is 0 Å². The molecule has 0 aliphatic rings. The van der Waals surface area contributed by atoms with E-state index < -0.39 is 0 Å². The van der Waals surface area contributed by atoms with Crippen molar-refractivity contribution in [3.63, 3.8) is 0 Å². The van der Waals surface area contributed by atoms with Gasteiger partial charge in [0.1, 0.15) is 0 Å². The summed E-state index contributed by atoms with van der Waals surface area (Å²) < 4.78 is 5.38. The first-order chi connectivity index (χ1) is 8.80. The minimum absolute atomic E-state index is 0.0483. The fourth-order valence-electron chi connectivity index (χ4n) is 1.68. The van der Waals surface area contributed by atoms with E-state index in [0.29, 0.717) is 18.7 Å². The highest BCUT2D eigenvalue weighted by molar-refractivity contribution is 5.94. The lowest BCUT2D eigenvalue weighted by Crippen LogP contribution is -2.28. The number of nitrogens with one attached hydrogen (secondary N) is 1. The van der Waals surface area contributed by atoms with Gasteiger partial charge in [0.2, 0.25) is 0 Å². The Morgan fingerprint density at radius 2 is 1.79 bits per heavy atom. The number of benzene rings is 1. The van der Waals surface area contributed by atoms with Gasteiger partial charge in [0.25, 0.3) is 5.91 Å². The monoisotopic (exact) mass is 263 g/mol.